The summed E-state index contributed by atoms with van der Waals surface area (Å²) in [4.78, 5) is 25.3. The van der Waals surface area contributed by atoms with Gasteiger partial charge < -0.3 is 10.1 Å². The Morgan fingerprint density at radius 3 is 2.83 bits per heavy atom. The monoisotopic (exact) mass is 315 g/mol. The van der Waals surface area contributed by atoms with E-state index in [0.717, 1.165) is 30.6 Å². The van der Waals surface area contributed by atoms with E-state index in [2.05, 4.69) is 11.9 Å². The zero-order valence-corrected chi connectivity index (χ0v) is 13.0. The van der Waals surface area contributed by atoms with Gasteiger partial charge >= 0.3 is 6.09 Å². The molecule has 1 fully saturated rings. The van der Waals surface area contributed by atoms with Gasteiger partial charge in [-0.05, 0) is 12.8 Å². The number of nitrogens with zero attached hydrogens (tertiary/aromatic N) is 2. The molecule has 1 aliphatic heterocycles. The van der Waals surface area contributed by atoms with Gasteiger partial charge in [-0.3, -0.25) is 9.69 Å². The van der Waals surface area contributed by atoms with Crippen molar-refractivity contribution in [2.75, 3.05) is 6.61 Å². The summed E-state index contributed by atoms with van der Waals surface area (Å²) in [7, 11) is 0. The van der Waals surface area contributed by atoms with Crippen LogP contribution in [-0.4, -0.2) is 29.5 Å². The van der Waals surface area contributed by atoms with Gasteiger partial charge in [0.05, 0.1) is 17.6 Å². The number of nitrogens with one attached hydrogen (secondary N) is 1. The molecule has 0 aromatic rings. The van der Waals surface area contributed by atoms with Crippen LogP contribution in [0, 0.1) is 17.2 Å². The van der Waals surface area contributed by atoms with Gasteiger partial charge in [0.1, 0.15) is 6.61 Å². The Morgan fingerprint density at radius 2 is 2.17 bits per heavy atom. The quantitative estimate of drug-likeness (QED) is 0.808. The molecule has 1 saturated carbocycles. The minimum Gasteiger partial charge on any atom is -0.445 e. The number of amides is 2. The zero-order valence-electron chi connectivity index (χ0n) is 13.0. The van der Waals surface area contributed by atoms with Gasteiger partial charge in [-0.1, -0.05) is 38.0 Å². The molecule has 1 N–H and O–H groups in total. The lowest BCUT2D eigenvalue weighted by Gasteiger charge is -2.26. The van der Waals surface area contributed by atoms with Crippen LogP contribution in [0.5, 0.6) is 0 Å². The average Bonchev–Trinajstić information content (AvgIpc) is 2.59. The SMILES string of the molecule is C=CCOC(=O)N1C=CC(C(=O)NC2CCCCC2)C(C#N)=C1. The zero-order chi connectivity index (χ0) is 16.7. The molecule has 1 heterocycles. The number of hydrogen-bond acceptors (Lipinski definition) is 4. The predicted octanol–water partition coefficient (Wildman–Crippen LogP) is 2.61. The summed E-state index contributed by atoms with van der Waals surface area (Å²) in [6, 6.07) is 2.17. The first-order valence-corrected chi connectivity index (χ1v) is 7.82. The molecule has 0 spiro atoms. The maximum atomic E-state index is 12.4. The Balaban J connectivity index is 1.99. The highest BCUT2D eigenvalue weighted by Gasteiger charge is 2.28. The summed E-state index contributed by atoms with van der Waals surface area (Å²) < 4.78 is 4.90. The predicted molar refractivity (Wildman–Crippen MR) is 84.7 cm³/mol. The molecule has 0 aromatic heterocycles. The topological polar surface area (TPSA) is 82.4 Å². The molecule has 122 valence electrons. The maximum Gasteiger partial charge on any atom is 0.418 e. The second-order valence-corrected chi connectivity index (χ2v) is 5.63. The fourth-order valence-electron chi connectivity index (χ4n) is 2.74. The normalized spacial score (nSPS) is 21.1. The molecule has 6 nitrogen and oxygen atoms in total. The van der Waals surface area contributed by atoms with Crippen LogP contribution in [-0.2, 0) is 9.53 Å². The molecule has 1 aliphatic carbocycles. The Bertz CT molecular complexity index is 568. The molecule has 2 aliphatic rings. The maximum absolute atomic E-state index is 12.4. The summed E-state index contributed by atoms with van der Waals surface area (Å²) in [6.45, 7) is 3.55. The van der Waals surface area contributed by atoms with Crippen LogP contribution in [0.3, 0.4) is 0 Å². The minimum absolute atomic E-state index is 0.0878. The first kappa shape index (κ1) is 16.8. The van der Waals surface area contributed by atoms with Crippen LogP contribution in [0.25, 0.3) is 0 Å². The van der Waals surface area contributed by atoms with Crippen molar-refractivity contribution in [3.05, 3.63) is 36.7 Å². The van der Waals surface area contributed by atoms with Crippen LogP contribution in [0.2, 0.25) is 0 Å². The minimum atomic E-state index is -0.662. The fourth-order valence-corrected chi connectivity index (χ4v) is 2.74. The number of nitriles is 1. The van der Waals surface area contributed by atoms with Crippen molar-refractivity contribution >= 4 is 12.0 Å². The van der Waals surface area contributed by atoms with Crippen molar-refractivity contribution < 1.29 is 14.3 Å². The second kappa shape index (κ2) is 8.18. The second-order valence-electron chi connectivity index (χ2n) is 5.63. The number of hydrogen-bond donors (Lipinski definition) is 1. The third-order valence-corrected chi connectivity index (χ3v) is 3.95. The van der Waals surface area contributed by atoms with E-state index in [1.165, 1.54) is 24.9 Å². The lowest BCUT2D eigenvalue weighted by atomic mass is 9.93. The van der Waals surface area contributed by atoms with E-state index in [1.807, 2.05) is 6.07 Å². The van der Waals surface area contributed by atoms with Gasteiger partial charge in [0.2, 0.25) is 5.91 Å². The smallest absolute Gasteiger partial charge is 0.418 e. The summed E-state index contributed by atoms with van der Waals surface area (Å²) >= 11 is 0. The van der Waals surface area contributed by atoms with Gasteiger partial charge in [0.25, 0.3) is 0 Å². The molecule has 0 saturated heterocycles. The molecule has 0 bridgehead atoms. The molecule has 0 aromatic carbocycles. The van der Waals surface area contributed by atoms with Gasteiger partial charge in [0, 0.05) is 18.4 Å². The van der Waals surface area contributed by atoms with Crippen molar-refractivity contribution in [3.8, 4) is 6.07 Å². The molecule has 2 rings (SSSR count). The van der Waals surface area contributed by atoms with E-state index in [1.54, 1.807) is 6.08 Å². The van der Waals surface area contributed by atoms with Gasteiger partial charge in [-0.15, -0.1) is 0 Å². The summed E-state index contributed by atoms with van der Waals surface area (Å²) in [6.07, 6.45) is 10.6. The van der Waals surface area contributed by atoms with Crippen molar-refractivity contribution in [1.82, 2.24) is 10.2 Å². The van der Waals surface area contributed by atoms with E-state index in [4.69, 9.17) is 4.74 Å². The summed E-state index contributed by atoms with van der Waals surface area (Å²) in [5, 5.41) is 12.3. The highest BCUT2D eigenvalue weighted by Crippen LogP contribution is 2.22. The Kier molecular flexibility index (Phi) is 5.98. The molecule has 23 heavy (non-hydrogen) atoms. The molecule has 1 unspecified atom stereocenters. The molecule has 0 radical (unpaired) electrons. The standard InChI is InChI=1S/C17H21N3O3/c1-2-10-23-17(22)20-9-8-15(13(11-18)12-20)16(21)19-14-6-4-3-5-7-14/h2,8-9,12,14-15H,1,3-7,10H2,(H,19,21). The van der Waals surface area contributed by atoms with Crippen LogP contribution in [0.15, 0.2) is 36.7 Å². The molecule has 1 atom stereocenters. The van der Waals surface area contributed by atoms with Crippen molar-refractivity contribution in [2.24, 2.45) is 5.92 Å². The van der Waals surface area contributed by atoms with E-state index >= 15 is 0 Å². The van der Waals surface area contributed by atoms with Gasteiger partial charge in [0.15, 0.2) is 0 Å². The van der Waals surface area contributed by atoms with E-state index in [9.17, 15) is 14.9 Å². The fraction of sp³-hybridized carbons (Fsp3) is 0.471. The molecular weight excluding hydrogens is 294 g/mol. The molecular formula is C17H21N3O3. The van der Waals surface area contributed by atoms with Crippen LogP contribution >= 0.6 is 0 Å². The lowest BCUT2D eigenvalue weighted by Crippen LogP contribution is -2.41. The van der Waals surface area contributed by atoms with Gasteiger partial charge in [-0.25, -0.2) is 4.79 Å². The van der Waals surface area contributed by atoms with Crippen molar-refractivity contribution in [1.29, 1.82) is 5.26 Å². The first-order chi connectivity index (χ1) is 11.2. The first-order valence-electron chi connectivity index (χ1n) is 7.82. The lowest BCUT2D eigenvalue weighted by molar-refractivity contribution is -0.123. The highest BCUT2D eigenvalue weighted by atomic mass is 16.6. The van der Waals surface area contributed by atoms with E-state index in [0.29, 0.717) is 0 Å². The molecule has 2 amide bonds. The van der Waals surface area contributed by atoms with Crippen molar-refractivity contribution in [2.45, 2.75) is 38.1 Å². The third kappa shape index (κ3) is 4.46. The number of carbonyl (C=O) groups excluding carboxylic acids is 2. The summed E-state index contributed by atoms with van der Waals surface area (Å²) in [5.41, 5.74) is 0.219. The van der Waals surface area contributed by atoms with Gasteiger partial charge in [-0.2, -0.15) is 5.26 Å². The van der Waals surface area contributed by atoms with Crippen molar-refractivity contribution in [3.63, 3.8) is 0 Å². The number of carbonyl (C=O) groups is 2. The van der Waals surface area contributed by atoms with Crippen LogP contribution in [0.1, 0.15) is 32.1 Å². The largest absolute Gasteiger partial charge is 0.445 e. The molecule has 6 heteroatoms. The third-order valence-electron chi connectivity index (χ3n) is 3.95. The van der Waals surface area contributed by atoms with E-state index < -0.39 is 12.0 Å². The highest BCUT2D eigenvalue weighted by molar-refractivity contribution is 5.85. The number of rotatable bonds is 4. The summed E-state index contributed by atoms with van der Waals surface area (Å²) in [5.74, 6) is -0.856. The van der Waals surface area contributed by atoms with E-state index in [-0.39, 0.29) is 24.1 Å². The average molecular weight is 315 g/mol. The van der Waals surface area contributed by atoms with Crippen LogP contribution in [0.4, 0.5) is 4.79 Å². The number of ether oxygens (including phenoxy) is 1. The van der Waals surface area contributed by atoms with Crippen LogP contribution < -0.4 is 5.32 Å². The Hall–Kier alpha value is -2.55. The Labute approximate surface area is 136 Å². The Morgan fingerprint density at radius 1 is 1.43 bits per heavy atom.